The number of benzene rings is 2. The molecule has 120 valence electrons. The van der Waals surface area contributed by atoms with Crippen molar-refractivity contribution in [1.29, 1.82) is 0 Å². The first-order chi connectivity index (χ1) is 11.6. The van der Waals surface area contributed by atoms with E-state index in [1.807, 2.05) is 24.3 Å². The van der Waals surface area contributed by atoms with E-state index in [1.165, 1.54) is 0 Å². The van der Waals surface area contributed by atoms with Crippen LogP contribution >= 0.6 is 34.2 Å². The predicted molar refractivity (Wildman–Crippen MR) is 104 cm³/mol. The fraction of sp³-hybridized carbons (Fsp3) is 0.0588. The molecule has 2 aromatic carbocycles. The van der Waals surface area contributed by atoms with E-state index in [2.05, 4.69) is 32.9 Å². The Morgan fingerprint density at radius 2 is 2.12 bits per heavy atom. The van der Waals surface area contributed by atoms with E-state index < -0.39 is 0 Å². The Morgan fingerprint density at radius 1 is 1.29 bits per heavy atom. The molecule has 5 nitrogen and oxygen atoms in total. The normalized spacial score (nSPS) is 11.3. The first kappa shape index (κ1) is 15.5. The lowest BCUT2D eigenvalue weighted by atomic mass is 10.1. The fourth-order valence-corrected chi connectivity index (χ4v) is 3.61. The van der Waals surface area contributed by atoms with Gasteiger partial charge in [0.1, 0.15) is 11.4 Å². The number of anilines is 1. The molecule has 0 saturated carbocycles. The van der Waals surface area contributed by atoms with Gasteiger partial charge < -0.3 is 9.73 Å². The minimum absolute atomic E-state index is 0.379. The molecule has 2 heterocycles. The van der Waals surface area contributed by atoms with Gasteiger partial charge in [0.15, 0.2) is 0 Å². The van der Waals surface area contributed by atoms with Crippen LogP contribution in [0.2, 0.25) is 5.02 Å². The van der Waals surface area contributed by atoms with E-state index in [-0.39, 0.29) is 5.69 Å². The molecule has 0 fully saturated rings. The van der Waals surface area contributed by atoms with Gasteiger partial charge in [0, 0.05) is 16.0 Å². The van der Waals surface area contributed by atoms with Gasteiger partial charge in [-0.1, -0.05) is 17.7 Å². The molecule has 7 heteroatoms. The van der Waals surface area contributed by atoms with Gasteiger partial charge in [0.25, 0.3) is 0 Å². The van der Waals surface area contributed by atoms with E-state index in [1.54, 1.807) is 30.0 Å². The molecule has 4 aromatic rings. The molecule has 0 aliphatic rings. The third-order valence-electron chi connectivity index (χ3n) is 3.85. The average Bonchev–Trinajstić information content (AvgIpc) is 3.04. The molecule has 0 aliphatic carbocycles. The zero-order valence-corrected chi connectivity index (χ0v) is 15.4. The highest BCUT2D eigenvalue weighted by Gasteiger charge is 2.18. The summed E-state index contributed by atoms with van der Waals surface area (Å²) in [5, 5.41) is 5.01. The van der Waals surface area contributed by atoms with Crippen molar-refractivity contribution < 1.29 is 4.42 Å². The van der Waals surface area contributed by atoms with Gasteiger partial charge in [-0.05, 0) is 52.9 Å². The minimum Gasteiger partial charge on any atom is -0.463 e. The second kappa shape index (κ2) is 5.78. The molecule has 0 radical (unpaired) electrons. The molecule has 2 aromatic heterocycles. The van der Waals surface area contributed by atoms with E-state index in [0.29, 0.717) is 21.9 Å². The van der Waals surface area contributed by atoms with Gasteiger partial charge >= 0.3 is 5.69 Å². The maximum atomic E-state index is 12.6. The van der Waals surface area contributed by atoms with Crippen LogP contribution < -0.4 is 11.0 Å². The van der Waals surface area contributed by atoms with Crippen LogP contribution in [0.1, 0.15) is 0 Å². The number of hydrogen-bond donors (Lipinski definition) is 1. The number of nitrogens with zero attached hydrogens (tertiary/aromatic N) is 2. The summed E-state index contributed by atoms with van der Waals surface area (Å²) < 4.78 is 8.20. The van der Waals surface area contributed by atoms with Crippen LogP contribution in [0.25, 0.3) is 27.6 Å². The van der Waals surface area contributed by atoms with Crippen molar-refractivity contribution >= 4 is 61.9 Å². The highest BCUT2D eigenvalue weighted by molar-refractivity contribution is 14.1. The lowest BCUT2D eigenvalue weighted by Crippen LogP contribution is -2.23. The van der Waals surface area contributed by atoms with Gasteiger partial charge in [-0.2, -0.15) is 4.98 Å². The predicted octanol–water partition coefficient (Wildman–Crippen LogP) is 4.43. The number of furan rings is 1. The second-order valence-electron chi connectivity index (χ2n) is 5.22. The number of aromatic nitrogens is 2. The molecule has 1 N–H and O–H groups in total. The maximum absolute atomic E-state index is 12.6. The first-order valence-electron chi connectivity index (χ1n) is 7.16. The lowest BCUT2D eigenvalue weighted by Gasteiger charge is -2.13. The Labute approximate surface area is 155 Å². The maximum Gasteiger partial charge on any atom is 0.354 e. The SMILES string of the molecule is CNc1nc(=O)n(-c2cccc(I)c2)c2cc(Cl)c3ccoc3c12. The van der Waals surface area contributed by atoms with Crippen LogP contribution in [-0.4, -0.2) is 16.6 Å². The van der Waals surface area contributed by atoms with E-state index in [9.17, 15) is 4.79 Å². The van der Waals surface area contributed by atoms with Gasteiger partial charge in [-0.3, -0.25) is 4.57 Å². The van der Waals surface area contributed by atoms with Crippen molar-refractivity contribution in [2.45, 2.75) is 0 Å². The number of fused-ring (bicyclic) bond motifs is 3. The average molecular weight is 452 g/mol. The second-order valence-corrected chi connectivity index (χ2v) is 6.88. The van der Waals surface area contributed by atoms with Crippen LogP contribution in [0.15, 0.2) is 51.9 Å². The highest BCUT2D eigenvalue weighted by atomic mass is 127. The topological polar surface area (TPSA) is 60.1 Å². The van der Waals surface area contributed by atoms with Crippen molar-refractivity contribution in [2.24, 2.45) is 0 Å². The van der Waals surface area contributed by atoms with Crippen molar-refractivity contribution in [2.75, 3.05) is 12.4 Å². The largest absolute Gasteiger partial charge is 0.463 e. The molecule has 0 unspecified atom stereocenters. The molecule has 0 amide bonds. The van der Waals surface area contributed by atoms with Crippen molar-refractivity contribution in [1.82, 2.24) is 9.55 Å². The number of halogens is 2. The summed E-state index contributed by atoms with van der Waals surface area (Å²) in [5.41, 5.74) is 1.60. The summed E-state index contributed by atoms with van der Waals surface area (Å²) in [6, 6.07) is 11.2. The molecule has 24 heavy (non-hydrogen) atoms. The summed E-state index contributed by atoms with van der Waals surface area (Å²) in [7, 11) is 1.72. The zero-order valence-electron chi connectivity index (χ0n) is 12.5. The summed E-state index contributed by atoms with van der Waals surface area (Å²) in [6.07, 6.45) is 1.58. The van der Waals surface area contributed by atoms with Gasteiger partial charge in [-0.15, -0.1) is 0 Å². The van der Waals surface area contributed by atoms with E-state index >= 15 is 0 Å². The van der Waals surface area contributed by atoms with Crippen LogP contribution in [0.3, 0.4) is 0 Å². The van der Waals surface area contributed by atoms with Gasteiger partial charge in [0.05, 0.1) is 27.9 Å². The molecular formula is C17H11ClIN3O2. The molecule has 0 bridgehead atoms. The monoisotopic (exact) mass is 451 g/mol. The Hall–Kier alpha value is -2.06. The lowest BCUT2D eigenvalue weighted by molar-refractivity contribution is 0.619. The number of nitrogens with one attached hydrogen (secondary N) is 1. The quantitative estimate of drug-likeness (QED) is 0.458. The third kappa shape index (κ3) is 2.29. The Bertz CT molecular complexity index is 1150. The third-order valence-corrected chi connectivity index (χ3v) is 4.83. The molecule has 0 atom stereocenters. The molecule has 0 saturated heterocycles. The molecule has 4 rings (SSSR count). The molecule has 0 spiro atoms. The van der Waals surface area contributed by atoms with E-state index in [0.717, 1.165) is 20.0 Å². The van der Waals surface area contributed by atoms with Crippen LogP contribution in [0.4, 0.5) is 5.82 Å². The summed E-state index contributed by atoms with van der Waals surface area (Å²) >= 11 is 8.61. The van der Waals surface area contributed by atoms with Crippen molar-refractivity contribution in [3.05, 3.63) is 61.7 Å². The molecular weight excluding hydrogens is 441 g/mol. The minimum atomic E-state index is -0.379. The van der Waals surface area contributed by atoms with Crippen molar-refractivity contribution in [3.8, 4) is 5.69 Å². The van der Waals surface area contributed by atoms with Crippen LogP contribution in [0.5, 0.6) is 0 Å². The zero-order chi connectivity index (χ0) is 16.8. The fourth-order valence-electron chi connectivity index (χ4n) is 2.83. The first-order valence-corrected chi connectivity index (χ1v) is 8.62. The Balaban J connectivity index is 2.24. The summed E-state index contributed by atoms with van der Waals surface area (Å²) in [5.74, 6) is 0.466. The van der Waals surface area contributed by atoms with Crippen LogP contribution in [0, 0.1) is 3.57 Å². The number of hydrogen-bond acceptors (Lipinski definition) is 4. The Kier molecular flexibility index (Phi) is 3.73. The van der Waals surface area contributed by atoms with Crippen molar-refractivity contribution in [3.63, 3.8) is 0 Å². The highest BCUT2D eigenvalue weighted by Crippen LogP contribution is 2.35. The van der Waals surface area contributed by atoms with Crippen LogP contribution in [-0.2, 0) is 0 Å². The van der Waals surface area contributed by atoms with E-state index in [4.69, 9.17) is 16.0 Å². The number of rotatable bonds is 2. The van der Waals surface area contributed by atoms with Gasteiger partial charge in [0.2, 0.25) is 0 Å². The Morgan fingerprint density at radius 3 is 2.88 bits per heavy atom. The smallest absolute Gasteiger partial charge is 0.354 e. The van der Waals surface area contributed by atoms with Gasteiger partial charge in [-0.25, -0.2) is 4.79 Å². The standard InChI is InChI=1S/C17H11ClIN3O2/c1-20-16-14-13(8-12(18)11-5-6-24-15(11)14)22(17(23)21-16)10-4-2-3-9(19)7-10/h2-8H,1H3,(H,20,21,23). The summed E-state index contributed by atoms with van der Waals surface area (Å²) in [4.78, 5) is 16.8. The molecule has 0 aliphatic heterocycles. The summed E-state index contributed by atoms with van der Waals surface area (Å²) in [6.45, 7) is 0.